The number of ether oxygens (including phenoxy) is 1. The van der Waals surface area contributed by atoms with Crippen LogP contribution in [0.15, 0.2) is 4.52 Å². The minimum atomic E-state index is 0.386. The molecule has 1 saturated heterocycles. The van der Waals surface area contributed by atoms with Crippen molar-refractivity contribution in [1.82, 2.24) is 15.0 Å². The highest BCUT2D eigenvalue weighted by Gasteiger charge is 2.21. The van der Waals surface area contributed by atoms with Crippen LogP contribution in [0.3, 0.4) is 0 Å². The molecular weight excluding hydrogens is 244 g/mol. The van der Waals surface area contributed by atoms with Crippen molar-refractivity contribution in [3.05, 3.63) is 11.7 Å². The van der Waals surface area contributed by atoms with Gasteiger partial charge in [0.25, 0.3) is 0 Å². The second-order valence-corrected chi connectivity index (χ2v) is 4.95. The molecule has 1 aromatic rings. The minimum absolute atomic E-state index is 0.386. The third kappa shape index (κ3) is 4.56. The summed E-state index contributed by atoms with van der Waals surface area (Å²) in [5, 5.41) is 3.92. The van der Waals surface area contributed by atoms with Gasteiger partial charge in [-0.2, -0.15) is 4.98 Å². The van der Waals surface area contributed by atoms with Gasteiger partial charge in [-0.3, -0.25) is 4.90 Å². The lowest BCUT2D eigenvalue weighted by atomic mass is 10.1. The molecule has 1 aliphatic rings. The molecule has 0 radical (unpaired) electrons. The van der Waals surface area contributed by atoms with Gasteiger partial charge in [0.1, 0.15) is 0 Å². The molecular formula is C13H24N4O2. The van der Waals surface area contributed by atoms with Crippen LogP contribution < -0.4 is 5.73 Å². The van der Waals surface area contributed by atoms with Crippen molar-refractivity contribution in [3.8, 4) is 0 Å². The van der Waals surface area contributed by atoms with E-state index >= 15 is 0 Å². The molecule has 108 valence electrons. The number of piperidine rings is 1. The van der Waals surface area contributed by atoms with Crippen LogP contribution in [0.4, 0.5) is 0 Å². The monoisotopic (exact) mass is 268 g/mol. The van der Waals surface area contributed by atoms with Gasteiger partial charge in [0.2, 0.25) is 5.89 Å². The summed E-state index contributed by atoms with van der Waals surface area (Å²) >= 11 is 0. The summed E-state index contributed by atoms with van der Waals surface area (Å²) in [6, 6.07) is 0. The maximum atomic E-state index is 5.79. The smallest absolute Gasteiger partial charge is 0.240 e. The summed E-state index contributed by atoms with van der Waals surface area (Å²) in [6.07, 6.45) is 4.29. The summed E-state index contributed by atoms with van der Waals surface area (Å²) < 4.78 is 11.0. The Hall–Kier alpha value is -0.980. The maximum absolute atomic E-state index is 5.79. The maximum Gasteiger partial charge on any atom is 0.240 e. The van der Waals surface area contributed by atoms with Gasteiger partial charge in [0, 0.05) is 26.1 Å². The lowest BCUT2D eigenvalue weighted by molar-refractivity contribution is 0.00381. The van der Waals surface area contributed by atoms with E-state index in [1.165, 1.54) is 0 Å². The zero-order valence-corrected chi connectivity index (χ0v) is 11.7. The van der Waals surface area contributed by atoms with E-state index in [1.807, 2.05) is 6.92 Å². The average Bonchev–Trinajstić information content (AvgIpc) is 2.89. The molecule has 19 heavy (non-hydrogen) atoms. The summed E-state index contributed by atoms with van der Waals surface area (Å²) in [7, 11) is 0. The van der Waals surface area contributed by atoms with Gasteiger partial charge in [-0.1, -0.05) is 12.1 Å². The Morgan fingerprint density at radius 2 is 2.21 bits per heavy atom. The molecule has 0 amide bonds. The van der Waals surface area contributed by atoms with Gasteiger partial charge in [-0.05, 0) is 25.8 Å². The van der Waals surface area contributed by atoms with E-state index in [4.69, 9.17) is 15.0 Å². The first-order chi connectivity index (χ1) is 9.31. The molecule has 0 spiro atoms. The van der Waals surface area contributed by atoms with E-state index in [2.05, 4.69) is 15.0 Å². The van der Waals surface area contributed by atoms with Crippen molar-refractivity contribution in [2.24, 2.45) is 5.73 Å². The number of likely N-dealkylation sites (tertiary alicyclic amines) is 1. The summed E-state index contributed by atoms with van der Waals surface area (Å²) in [5.74, 6) is 1.51. The molecule has 2 heterocycles. The standard InChI is InChI=1S/C13H24N4O2/c1-2-12-15-13(19-16-12)10-17-7-4-11(5-8-17)18-9-3-6-14/h11H,2-10,14H2,1H3. The summed E-state index contributed by atoms with van der Waals surface area (Å²) in [5.41, 5.74) is 5.45. The molecule has 6 nitrogen and oxygen atoms in total. The fourth-order valence-electron chi connectivity index (χ4n) is 2.26. The molecule has 2 rings (SSSR count). The Morgan fingerprint density at radius 1 is 1.42 bits per heavy atom. The van der Waals surface area contributed by atoms with E-state index < -0.39 is 0 Å². The fraction of sp³-hybridized carbons (Fsp3) is 0.846. The highest BCUT2D eigenvalue weighted by molar-refractivity contribution is 4.86. The minimum Gasteiger partial charge on any atom is -0.378 e. The van der Waals surface area contributed by atoms with Crippen LogP contribution in [-0.2, 0) is 17.7 Å². The predicted molar refractivity (Wildman–Crippen MR) is 71.6 cm³/mol. The van der Waals surface area contributed by atoms with Crippen molar-refractivity contribution in [2.45, 2.75) is 45.3 Å². The quantitative estimate of drug-likeness (QED) is 0.742. The number of aromatic nitrogens is 2. The van der Waals surface area contributed by atoms with Crippen molar-refractivity contribution >= 4 is 0 Å². The molecule has 2 N–H and O–H groups in total. The number of hydrogen-bond acceptors (Lipinski definition) is 6. The third-order valence-corrected chi connectivity index (χ3v) is 3.42. The van der Waals surface area contributed by atoms with Crippen molar-refractivity contribution < 1.29 is 9.26 Å². The topological polar surface area (TPSA) is 77.4 Å². The van der Waals surface area contributed by atoms with E-state index in [0.29, 0.717) is 12.6 Å². The third-order valence-electron chi connectivity index (χ3n) is 3.42. The van der Waals surface area contributed by atoms with Gasteiger partial charge >= 0.3 is 0 Å². The van der Waals surface area contributed by atoms with Crippen molar-refractivity contribution in [3.63, 3.8) is 0 Å². The second-order valence-electron chi connectivity index (χ2n) is 4.95. The molecule has 0 saturated carbocycles. The number of aryl methyl sites for hydroxylation is 1. The molecule has 0 bridgehead atoms. The van der Waals surface area contributed by atoms with Crippen LogP contribution in [0.2, 0.25) is 0 Å². The molecule has 0 atom stereocenters. The number of nitrogens with zero attached hydrogens (tertiary/aromatic N) is 3. The van der Waals surface area contributed by atoms with Crippen molar-refractivity contribution in [2.75, 3.05) is 26.2 Å². The molecule has 1 fully saturated rings. The van der Waals surface area contributed by atoms with Gasteiger partial charge in [-0.15, -0.1) is 0 Å². The number of nitrogens with two attached hydrogens (primary N) is 1. The highest BCUT2D eigenvalue weighted by Crippen LogP contribution is 2.16. The van der Waals surface area contributed by atoms with E-state index in [-0.39, 0.29) is 0 Å². The molecule has 6 heteroatoms. The lowest BCUT2D eigenvalue weighted by Crippen LogP contribution is -2.36. The number of rotatable bonds is 7. The predicted octanol–water partition coefficient (Wildman–Crippen LogP) is 0.962. The average molecular weight is 268 g/mol. The van der Waals surface area contributed by atoms with E-state index in [0.717, 1.165) is 63.6 Å². The Morgan fingerprint density at radius 3 is 2.84 bits per heavy atom. The molecule has 1 aromatic heterocycles. The van der Waals surface area contributed by atoms with Crippen LogP contribution in [-0.4, -0.2) is 47.4 Å². The van der Waals surface area contributed by atoms with Crippen LogP contribution >= 0.6 is 0 Å². The first-order valence-electron chi connectivity index (χ1n) is 7.17. The van der Waals surface area contributed by atoms with E-state index in [1.54, 1.807) is 0 Å². The van der Waals surface area contributed by atoms with Crippen LogP contribution in [0.5, 0.6) is 0 Å². The highest BCUT2D eigenvalue weighted by atomic mass is 16.5. The Kier molecular flexibility index (Phi) is 5.75. The van der Waals surface area contributed by atoms with Crippen LogP contribution in [0, 0.1) is 0 Å². The fourth-order valence-corrected chi connectivity index (χ4v) is 2.26. The second kappa shape index (κ2) is 7.57. The summed E-state index contributed by atoms with van der Waals surface area (Å²) in [6.45, 7) is 6.32. The first-order valence-corrected chi connectivity index (χ1v) is 7.17. The normalized spacial score (nSPS) is 18.0. The van der Waals surface area contributed by atoms with Gasteiger partial charge in [0.15, 0.2) is 5.82 Å². The van der Waals surface area contributed by atoms with Gasteiger partial charge < -0.3 is 15.0 Å². The zero-order valence-electron chi connectivity index (χ0n) is 11.7. The zero-order chi connectivity index (χ0) is 13.5. The summed E-state index contributed by atoms with van der Waals surface area (Å²) in [4.78, 5) is 6.68. The van der Waals surface area contributed by atoms with Crippen LogP contribution in [0.25, 0.3) is 0 Å². The van der Waals surface area contributed by atoms with Crippen molar-refractivity contribution in [1.29, 1.82) is 0 Å². The molecule has 0 unspecified atom stereocenters. The molecule has 0 aliphatic carbocycles. The SMILES string of the molecule is CCc1noc(CN2CCC(OCCCN)CC2)n1. The Balaban J connectivity index is 1.68. The Labute approximate surface area is 114 Å². The van der Waals surface area contributed by atoms with Gasteiger partial charge in [0.05, 0.1) is 12.6 Å². The largest absolute Gasteiger partial charge is 0.378 e. The molecule has 0 aromatic carbocycles. The van der Waals surface area contributed by atoms with Gasteiger partial charge in [-0.25, -0.2) is 0 Å². The van der Waals surface area contributed by atoms with E-state index in [9.17, 15) is 0 Å². The lowest BCUT2D eigenvalue weighted by Gasteiger charge is -2.30. The molecule has 1 aliphatic heterocycles. The number of hydrogen-bond donors (Lipinski definition) is 1. The first kappa shape index (κ1) is 14.4. The Bertz CT molecular complexity index is 361. The van der Waals surface area contributed by atoms with Crippen LogP contribution in [0.1, 0.15) is 37.9 Å².